The lowest BCUT2D eigenvalue weighted by atomic mass is 9.82. The highest BCUT2D eigenvalue weighted by Crippen LogP contribution is 2.33. The predicted molar refractivity (Wildman–Crippen MR) is 57.5 cm³/mol. The van der Waals surface area contributed by atoms with Gasteiger partial charge in [0.25, 0.3) is 0 Å². The Labute approximate surface area is 93.5 Å². The maximum absolute atomic E-state index is 13.3. The molecule has 0 aliphatic heterocycles. The number of aliphatic hydroxyl groups excluding tert-OH is 1. The molecule has 0 bridgehead atoms. The van der Waals surface area contributed by atoms with E-state index >= 15 is 0 Å². The van der Waals surface area contributed by atoms with Gasteiger partial charge in [-0.25, -0.2) is 4.39 Å². The second-order valence-electron chi connectivity index (χ2n) is 4.44. The summed E-state index contributed by atoms with van der Waals surface area (Å²) in [6.07, 6.45) is -1.24. The van der Waals surface area contributed by atoms with Crippen molar-refractivity contribution in [3.05, 3.63) is 35.1 Å². The lowest BCUT2D eigenvalue weighted by Crippen LogP contribution is -2.31. The van der Waals surface area contributed by atoms with E-state index in [1.807, 2.05) is 0 Å². The van der Waals surface area contributed by atoms with Crippen LogP contribution >= 0.6 is 0 Å². The van der Waals surface area contributed by atoms with E-state index in [1.165, 1.54) is 32.0 Å². The molecule has 16 heavy (non-hydrogen) atoms. The number of aliphatic carboxylic acids is 1. The topological polar surface area (TPSA) is 57.5 Å². The fourth-order valence-electron chi connectivity index (χ4n) is 1.31. The van der Waals surface area contributed by atoms with Crippen LogP contribution in [0, 0.1) is 18.2 Å². The van der Waals surface area contributed by atoms with Crippen molar-refractivity contribution in [2.45, 2.75) is 26.9 Å². The van der Waals surface area contributed by atoms with Crippen LogP contribution in [0.3, 0.4) is 0 Å². The Morgan fingerprint density at radius 1 is 1.44 bits per heavy atom. The number of carboxylic acids is 1. The zero-order valence-corrected chi connectivity index (χ0v) is 9.49. The molecule has 0 aromatic heterocycles. The van der Waals surface area contributed by atoms with Crippen molar-refractivity contribution >= 4 is 5.97 Å². The van der Waals surface area contributed by atoms with E-state index in [0.717, 1.165) is 0 Å². The second kappa shape index (κ2) is 4.22. The summed E-state index contributed by atoms with van der Waals surface area (Å²) in [4.78, 5) is 10.9. The van der Waals surface area contributed by atoms with Crippen LogP contribution in [0.25, 0.3) is 0 Å². The van der Waals surface area contributed by atoms with Crippen molar-refractivity contribution in [2.75, 3.05) is 0 Å². The fraction of sp³-hybridized carbons (Fsp3) is 0.417. The number of aliphatic hydroxyl groups is 1. The Morgan fingerprint density at radius 3 is 2.44 bits per heavy atom. The van der Waals surface area contributed by atoms with Crippen LogP contribution in [-0.4, -0.2) is 16.2 Å². The molecule has 0 saturated carbocycles. The van der Waals surface area contributed by atoms with E-state index in [0.29, 0.717) is 5.56 Å². The lowest BCUT2D eigenvalue weighted by Gasteiger charge is -2.26. The Morgan fingerprint density at radius 2 is 2.00 bits per heavy atom. The van der Waals surface area contributed by atoms with Crippen LogP contribution in [0.2, 0.25) is 0 Å². The first-order valence-corrected chi connectivity index (χ1v) is 4.94. The summed E-state index contributed by atoms with van der Waals surface area (Å²) in [7, 11) is 0. The van der Waals surface area contributed by atoms with Gasteiger partial charge in [-0.15, -0.1) is 0 Å². The average molecular weight is 226 g/mol. The smallest absolute Gasteiger partial charge is 0.312 e. The van der Waals surface area contributed by atoms with E-state index in [1.54, 1.807) is 6.92 Å². The Balaban J connectivity index is 3.10. The third kappa shape index (κ3) is 2.22. The van der Waals surface area contributed by atoms with Gasteiger partial charge in [0.05, 0.1) is 11.5 Å². The van der Waals surface area contributed by atoms with Crippen LogP contribution in [0.4, 0.5) is 4.39 Å². The molecule has 0 aliphatic rings. The molecule has 1 aromatic carbocycles. The largest absolute Gasteiger partial charge is 0.481 e. The third-order valence-electron chi connectivity index (χ3n) is 2.75. The number of rotatable bonds is 3. The molecule has 88 valence electrons. The molecule has 4 heteroatoms. The quantitative estimate of drug-likeness (QED) is 0.831. The van der Waals surface area contributed by atoms with Crippen LogP contribution in [0.1, 0.15) is 31.1 Å². The molecule has 1 unspecified atom stereocenters. The van der Waals surface area contributed by atoms with E-state index in [4.69, 9.17) is 5.11 Å². The van der Waals surface area contributed by atoms with Crippen LogP contribution < -0.4 is 0 Å². The van der Waals surface area contributed by atoms with Crippen LogP contribution in [0.5, 0.6) is 0 Å². The Bertz CT molecular complexity index is 413. The number of aryl methyl sites for hydroxylation is 1. The molecule has 1 rings (SSSR count). The fourth-order valence-corrected chi connectivity index (χ4v) is 1.31. The molecule has 0 radical (unpaired) electrons. The molecule has 0 fully saturated rings. The second-order valence-corrected chi connectivity index (χ2v) is 4.44. The SMILES string of the molecule is Cc1ccc(C(O)C(C)(C)C(=O)O)cc1F. The summed E-state index contributed by atoms with van der Waals surface area (Å²) in [5, 5.41) is 18.8. The summed E-state index contributed by atoms with van der Waals surface area (Å²) < 4.78 is 13.3. The molecule has 1 aromatic rings. The van der Waals surface area contributed by atoms with Gasteiger partial charge in [0, 0.05) is 0 Å². The standard InChI is InChI=1S/C12H15FO3/c1-7-4-5-8(6-9(7)13)10(14)12(2,3)11(15)16/h4-6,10,14H,1-3H3,(H,15,16). The van der Waals surface area contributed by atoms with E-state index in [-0.39, 0.29) is 5.56 Å². The summed E-state index contributed by atoms with van der Waals surface area (Å²) >= 11 is 0. The number of hydrogen-bond donors (Lipinski definition) is 2. The number of halogens is 1. The molecular weight excluding hydrogens is 211 g/mol. The molecule has 2 N–H and O–H groups in total. The van der Waals surface area contributed by atoms with Crippen LogP contribution in [-0.2, 0) is 4.79 Å². The van der Waals surface area contributed by atoms with Gasteiger partial charge in [-0.2, -0.15) is 0 Å². The van der Waals surface area contributed by atoms with Crippen LogP contribution in [0.15, 0.2) is 18.2 Å². The van der Waals surface area contributed by atoms with E-state index in [9.17, 15) is 14.3 Å². The lowest BCUT2D eigenvalue weighted by molar-refractivity contribution is -0.153. The van der Waals surface area contributed by atoms with Crippen molar-refractivity contribution in [3.8, 4) is 0 Å². The van der Waals surface area contributed by atoms with Crippen molar-refractivity contribution in [3.63, 3.8) is 0 Å². The maximum Gasteiger partial charge on any atom is 0.312 e. The van der Waals surface area contributed by atoms with Crippen molar-refractivity contribution < 1.29 is 19.4 Å². The zero-order chi connectivity index (χ0) is 12.5. The molecule has 1 atom stereocenters. The summed E-state index contributed by atoms with van der Waals surface area (Å²) in [6, 6.07) is 4.23. The summed E-state index contributed by atoms with van der Waals surface area (Å²) in [6.45, 7) is 4.41. The molecular formula is C12H15FO3. The highest BCUT2D eigenvalue weighted by atomic mass is 19.1. The molecule has 0 amide bonds. The molecule has 0 saturated heterocycles. The van der Waals surface area contributed by atoms with Gasteiger partial charge in [0.15, 0.2) is 0 Å². The number of hydrogen-bond acceptors (Lipinski definition) is 2. The minimum Gasteiger partial charge on any atom is -0.481 e. The summed E-state index contributed by atoms with van der Waals surface area (Å²) in [5.74, 6) is -1.57. The number of carbonyl (C=O) groups is 1. The van der Waals surface area contributed by atoms with Gasteiger partial charge in [-0.1, -0.05) is 12.1 Å². The highest BCUT2D eigenvalue weighted by molar-refractivity contribution is 5.74. The Hall–Kier alpha value is -1.42. The maximum atomic E-state index is 13.3. The van der Waals surface area contributed by atoms with Crippen molar-refractivity contribution in [2.24, 2.45) is 5.41 Å². The van der Waals surface area contributed by atoms with E-state index < -0.39 is 23.3 Å². The first-order chi connectivity index (χ1) is 7.26. The molecule has 0 aliphatic carbocycles. The minimum absolute atomic E-state index is 0.274. The van der Waals surface area contributed by atoms with E-state index in [2.05, 4.69) is 0 Å². The molecule has 3 nitrogen and oxygen atoms in total. The van der Waals surface area contributed by atoms with Gasteiger partial charge >= 0.3 is 5.97 Å². The average Bonchev–Trinajstić information content (AvgIpc) is 2.20. The van der Waals surface area contributed by atoms with Gasteiger partial charge in [-0.3, -0.25) is 4.79 Å². The van der Waals surface area contributed by atoms with Gasteiger partial charge in [0.2, 0.25) is 0 Å². The first kappa shape index (κ1) is 12.6. The minimum atomic E-state index is -1.35. The molecule has 0 heterocycles. The molecule has 0 spiro atoms. The zero-order valence-electron chi connectivity index (χ0n) is 9.49. The monoisotopic (exact) mass is 226 g/mol. The van der Waals surface area contributed by atoms with Gasteiger partial charge in [0.1, 0.15) is 5.82 Å². The predicted octanol–water partition coefficient (Wildman–Crippen LogP) is 2.28. The van der Waals surface area contributed by atoms with Gasteiger partial charge in [-0.05, 0) is 38.0 Å². The van der Waals surface area contributed by atoms with Crippen molar-refractivity contribution in [1.29, 1.82) is 0 Å². The number of carboxylic acid groups (broad SMARTS) is 1. The first-order valence-electron chi connectivity index (χ1n) is 4.94. The van der Waals surface area contributed by atoms with Crippen molar-refractivity contribution in [1.82, 2.24) is 0 Å². The normalized spacial score (nSPS) is 13.6. The number of benzene rings is 1. The van der Waals surface area contributed by atoms with Gasteiger partial charge < -0.3 is 10.2 Å². The Kier molecular flexibility index (Phi) is 3.33. The highest BCUT2D eigenvalue weighted by Gasteiger charge is 2.36. The third-order valence-corrected chi connectivity index (χ3v) is 2.75. The summed E-state index contributed by atoms with van der Waals surface area (Å²) in [5.41, 5.74) is -0.610.